The first-order valence-electron chi connectivity index (χ1n) is 12.0. The Morgan fingerprint density at radius 3 is 1.31 bits per heavy atom. The molecule has 0 amide bonds. The molecule has 0 atom stereocenters. The zero-order valence-electron chi connectivity index (χ0n) is 19.7. The number of ether oxygens (including phenoxy) is 1. The molecule has 0 aromatic heterocycles. The van der Waals surface area contributed by atoms with E-state index in [1.807, 2.05) is 13.8 Å². The molecule has 0 aromatic carbocycles. The molecule has 0 fully saturated rings. The Kier molecular flexibility index (Phi) is 25.9. The number of hydrogen-bond acceptors (Lipinski definition) is 5. The molecule has 0 rings (SSSR count). The predicted octanol–water partition coefficient (Wildman–Crippen LogP) is 7.61. The van der Waals surface area contributed by atoms with E-state index in [9.17, 15) is 9.59 Å². The highest BCUT2D eigenvalue weighted by Crippen LogP contribution is 2.13. The van der Waals surface area contributed by atoms with Crippen LogP contribution in [0, 0.1) is 0 Å². The molecule has 0 unspecified atom stereocenters. The van der Waals surface area contributed by atoms with Crippen LogP contribution in [0.3, 0.4) is 0 Å². The lowest BCUT2D eigenvalue weighted by Gasteiger charge is -2.04. The fraction of sp³-hybridized carbons (Fsp3) is 0.917. The molecule has 0 aliphatic heterocycles. The first-order chi connectivity index (χ1) is 14.0. The molecule has 0 radical (unpaired) electrons. The summed E-state index contributed by atoms with van der Waals surface area (Å²) in [4.78, 5) is 24.7. The molecule has 0 aromatic rings. The SMILES string of the molecule is CCC(=O)OC(C)C.CCCCCCCCCCCCCCCCCC(=O)OO. The second-order valence-corrected chi connectivity index (χ2v) is 8.06. The number of carbonyl (C=O) groups is 2. The third kappa shape index (κ3) is 29.2. The van der Waals surface area contributed by atoms with Gasteiger partial charge in [0.15, 0.2) is 0 Å². The van der Waals surface area contributed by atoms with Crippen molar-refractivity contribution in [2.75, 3.05) is 0 Å². The normalized spacial score (nSPS) is 10.4. The fourth-order valence-corrected chi connectivity index (χ4v) is 3.03. The number of hydrogen-bond donors (Lipinski definition) is 1. The lowest BCUT2D eigenvalue weighted by atomic mass is 10.0. The van der Waals surface area contributed by atoms with Gasteiger partial charge >= 0.3 is 11.9 Å². The van der Waals surface area contributed by atoms with Crippen molar-refractivity contribution in [3.63, 3.8) is 0 Å². The van der Waals surface area contributed by atoms with Gasteiger partial charge in [0.25, 0.3) is 0 Å². The van der Waals surface area contributed by atoms with E-state index in [0.717, 1.165) is 12.8 Å². The van der Waals surface area contributed by atoms with E-state index in [1.165, 1.54) is 83.5 Å². The molecule has 0 saturated heterocycles. The molecule has 29 heavy (non-hydrogen) atoms. The Morgan fingerprint density at radius 2 is 1.03 bits per heavy atom. The van der Waals surface area contributed by atoms with Crippen LogP contribution in [0.15, 0.2) is 0 Å². The summed E-state index contributed by atoms with van der Waals surface area (Å²) < 4.78 is 4.76. The summed E-state index contributed by atoms with van der Waals surface area (Å²) in [5.41, 5.74) is 0. The molecular weight excluding hydrogens is 368 g/mol. The van der Waals surface area contributed by atoms with Gasteiger partial charge < -0.3 is 9.62 Å². The maximum Gasteiger partial charge on any atom is 0.342 e. The smallest absolute Gasteiger partial charge is 0.342 e. The summed E-state index contributed by atoms with van der Waals surface area (Å²) in [7, 11) is 0. The van der Waals surface area contributed by atoms with Crippen molar-refractivity contribution in [1.82, 2.24) is 0 Å². The van der Waals surface area contributed by atoms with Gasteiger partial charge in [0.2, 0.25) is 0 Å². The molecule has 1 N–H and O–H groups in total. The number of esters is 1. The number of rotatable bonds is 18. The Hall–Kier alpha value is -1.10. The lowest BCUT2D eigenvalue weighted by molar-refractivity contribution is -0.234. The van der Waals surface area contributed by atoms with Crippen molar-refractivity contribution in [3.05, 3.63) is 0 Å². The van der Waals surface area contributed by atoms with Crippen molar-refractivity contribution in [3.8, 4) is 0 Å². The molecule has 0 saturated carbocycles. The van der Waals surface area contributed by atoms with Gasteiger partial charge in [-0.1, -0.05) is 104 Å². The van der Waals surface area contributed by atoms with Gasteiger partial charge in [-0.15, -0.1) is 0 Å². The Balaban J connectivity index is 0. The minimum Gasteiger partial charge on any atom is -0.463 e. The molecule has 0 aliphatic rings. The summed E-state index contributed by atoms with van der Waals surface area (Å²) in [5.74, 6) is -0.635. The summed E-state index contributed by atoms with van der Waals surface area (Å²) in [6.07, 6.45) is 20.5. The van der Waals surface area contributed by atoms with Crippen LogP contribution in [-0.2, 0) is 19.2 Å². The van der Waals surface area contributed by atoms with Crippen LogP contribution in [0.1, 0.15) is 137 Å². The first-order valence-corrected chi connectivity index (χ1v) is 12.0. The second-order valence-electron chi connectivity index (χ2n) is 8.06. The molecular formula is C24H48O5. The molecule has 5 heteroatoms. The van der Waals surface area contributed by atoms with Crippen LogP contribution >= 0.6 is 0 Å². The van der Waals surface area contributed by atoms with Crippen LogP contribution in [0.2, 0.25) is 0 Å². The van der Waals surface area contributed by atoms with E-state index in [-0.39, 0.29) is 12.1 Å². The van der Waals surface area contributed by atoms with E-state index in [2.05, 4.69) is 11.8 Å². The highest BCUT2D eigenvalue weighted by atomic mass is 17.1. The summed E-state index contributed by atoms with van der Waals surface area (Å²) in [6.45, 7) is 7.73. The van der Waals surface area contributed by atoms with Crippen molar-refractivity contribution in [2.45, 2.75) is 143 Å². The summed E-state index contributed by atoms with van der Waals surface area (Å²) in [5, 5.41) is 8.10. The van der Waals surface area contributed by atoms with E-state index in [4.69, 9.17) is 9.99 Å². The topological polar surface area (TPSA) is 72.8 Å². The Bertz CT molecular complexity index is 355. The highest BCUT2D eigenvalue weighted by molar-refractivity contribution is 5.69. The van der Waals surface area contributed by atoms with Gasteiger partial charge in [0, 0.05) is 12.8 Å². The Labute approximate surface area is 179 Å². The number of carbonyl (C=O) groups excluding carboxylic acids is 2. The average molecular weight is 417 g/mol. The highest BCUT2D eigenvalue weighted by Gasteiger charge is 2.01. The van der Waals surface area contributed by atoms with Crippen LogP contribution in [-0.4, -0.2) is 23.3 Å². The van der Waals surface area contributed by atoms with Gasteiger partial charge in [-0.2, -0.15) is 5.26 Å². The maximum atomic E-state index is 10.7. The van der Waals surface area contributed by atoms with E-state index < -0.39 is 5.97 Å². The van der Waals surface area contributed by atoms with E-state index >= 15 is 0 Å². The van der Waals surface area contributed by atoms with Crippen molar-refractivity contribution in [1.29, 1.82) is 0 Å². The van der Waals surface area contributed by atoms with Crippen molar-refractivity contribution >= 4 is 11.9 Å². The van der Waals surface area contributed by atoms with Gasteiger partial charge in [-0.05, 0) is 20.3 Å². The van der Waals surface area contributed by atoms with Gasteiger partial charge in [-0.3, -0.25) is 4.79 Å². The summed E-state index contributed by atoms with van der Waals surface area (Å²) in [6, 6.07) is 0. The number of unbranched alkanes of at least 4 members (excludes halogenated alkanes) is 14. The molecule has 0 spiro atoms. The van der Waals surface area contributed by atoms with Crippen LogP contribution < -0.4 is 0 Å². The van der Waals surface area contributed by atoms with Crippen molar-refractivity contribution in [2.24, 2.45) is 0 Å². The van der Waals surface area contributed by atoms with Crippen LogP contribution in [0.4, 0.5) is 0 Å². The standard InChI is InChI=1S/C18H36O3.C6H12O2/c1-2-3-4-5-6-7-8-9-10-11-12-13-14-15-16-17-18(19)21-20;1-4-6(7)8-5(2)3/h20H,2-17H2,1H3;5H,4H2,1-3H3. The average Bonchev–Trinajstić information content (AvgIpc) is 2.70. The third-order valence-electron chi connectivity index (χ3n) is 4.74. The lowest BCUT2D eigenvalue weighted by Crippen LogP contribution is -2.09. The van der Waals surface area contributed by atoms with Crippen LogP contribution in [0.5, 0.6) is 0 Å². The van der Waals surface area contributed by atoms with Gasteiger partial charge in [0.1, 0.15) is 0 Å². The Morgan fingerprint density at radius 1 is 0.655 bits per heavy atom. The second kappa shape index (κ2) is 24.9. The monoisotopic (exact) mass is 416 g/mol. The minimum absolute atomic E-state index is 0.0300. The molecule has 174 valence electrons. The quantitative estimate of drug-likeness (QED) is 0.108. The third-order valence-corrected chi connectivity index (χ3v) is 4.74. The fourth-order valence-electron chi connectivity index (χ4n) is 3.03. The van der Waals surface area contributed by atoms with E-state index in [1.54, 1.807) is 6.92 Å². The first kappa shape index (κ1) is 30.1. The van der Waals surface area contributed by atoms with Crippen molar-refractivity contribution < 1.29 is 24.5 Å². The van der Waals surface area contributed by atoms with Gasteiger partial charge in [-0.25, -0.2) is 4.79 Å². The van der Waals surface area contributed by atoms with Gasteiger partial charge in [0.05, 0.1) is 6.10 Å². The summed E-state index contributed by atoms with van der Waals surface area (Å²) >= 11 is 0. The molecule has 0 bridgehead atoms. The molecule has 0 aliphatic carbocycles. The molecule has 0 heterocycles. The minimum atomic E-state index is -0.510. The zero-order chi connectivity index (χ0) is 22.2. The maximum absolute atomic E-state index is 10.7. The largest absolute Gasteiger partial charge is 0.463 e. The van der Waals surface area contributed by atoms with Crippen LogP contribution in [0.25, 0.3) is 0 Å². The van der Waals surface area contributed by atoms with E-state index in [0.29, 0.717) is 12.8 Å². The predicted molar refractivity (Wildman–Crippen MR) is 120 cm³/mol. The zero-order valence-corrected chi connectivity index (χ0v) is 19.7. The molecule has 5 nitrogen and oxygen atoms in total.